The van der Waals surface area contributed by atoms with Gasteiger partial charge in [-0.15, -0.1) is 0 Å². The van der Waals surface area contributed by atoms with Crippen molar-refractivity contribution in [3.8, 4) is 5.75 Å². The molecule has 0 saturated carbocycles. The molecule has 0 aliphatic carbocycles. The van der Waals surface area contributed by atoms with Crippen LogP contribution in [0.3, 0.4) is 0 Å². The van der Waals surface area contributed by atoms with Gasteiger partial charge >= 0.3 is 0 Å². The first kappa shape index (κ1) is 18.3. The van der Waals surface area contributed by atoms with Gasteiger partial charge in [-0.05, 0) is 41.8 Å². The third-order valence-corrected chi connectivity index (χ3v) is 6.03. The largest absolute Gasteiger partial charge is 0.508 e. The molecule has 1 aromatic heterocycles. The van der Waals surface area contributed by atoms with Gasteiger partial charge in [0.15, 0.2) is 0 Å². The van der Waals surface area contributed by atoms with Crippen molar-refractivity contribution in [1.29, 1.82) is 0 Å². The van der Waals surface area contributed by atoms with Gasteiger partial charge in [-0.3, -0.25) is 14.6 Å². The van der Waals surface area contributed by atoms with Gasteiger partial charge in [0.25, 0.3) is 5.91 Å². The first-order valence-electron chi connectivity index (χ1n) is 9.63. The zero-order valence-corrected chi connectivity index (χ0v) is 15.9. The Balaban J connectivity index is 1.67. The first-order chi connectivity index (χ1) is 14.5. The van der Waals surface area contributed by atoms with Crippen LogP contribution in [-0.4, -0.2) is 33.3 Å². The lowest BCUT2D eigenvalue weighted by atomic mass is 9.73. The summed E-state index contributed by atoms with van der Waals surface area (Å²) in [6.07, 6.45) is 3.67. The normalized spacial score (nSPS) is 22.2. The molecule has 2 amide bonds. The second kappa shape index (κ2) is 6.66. The number of hydrogen-bond acceptors (Lipinski definition) is 4. The molecule has 1 saturated heterocycles. The number of rotatable bonds is 2. The fourth-order valence-corrected chi connectivity index (χ4v) is 4.74. The first-order valence-corrected chi connectivity index (χ1v) is 9.63. The summed E-state index contributed by atoms with van der Waals surface area (Å²) in [5.41, 5.74) is 1.12. The lowest BCUT2D eigenvalue weighted by molar-refractivity contribution is -0.121. The molecular formula is C23H18FN3O3. The monoisotopic (exact) mass is 403 g/mol. The Morgan fingerprint density at radius 3 is 2.80 bits per heavy atom. The summed E-state index contributed by atoms with van der Waals surface area (Å²) in [6.45, 7) is 0.278. The molecule has 2 unspecified atom stereocenters. The molecule has 150 valence electrons. The lowest BCUT2D eigenvalue weighted by Crippen LogP contribution is -2.42. The highest BCUT2D eigenvalue weighted by Crippen LogP contribution is 2.54. The summed E-state index contributed by atoms with van der Waals surface area (Å²) in [6, 6.07) is 13.8. The van der Waals surface area contributed by atoms with Crippen molar-refractivity contribution in [2.24, 2.45) is 0 Å². The topological polar surface area (TPSA) is 82.5 Å². The van der Waals surface area contributed by atoms with Crippen molar-refractivity contribution < 1.29 is 19.1 Å². The number of aromatic nitrogens is 1. The molecule has 3 heterocycles. The zero-order chi connectivity index (χ0) is 20.9. The van der Waals surface area contributed by atoms with Crippen LogP contribution in [0, 0.1) is 5.82 Å². The number of fused-ring (bicyclic) bond motifs is 2. The van der Waals surface area contributed by atoms with Crippen LogP contribution in [0.25, 0.3) is 0 Å². The number of anilines is 1. The molecule has 2 aliphatic rings. The van der Waals surface area contributed by atoms with Crippen molar-refractivity contribution >= 4 is 17.5 Å². The molecule has 1 fully saturated rings. The number of amides is 2. The lowest BCUT2D eigenvalue weighted by Gasteiger charge is -2.34. The van der Waals surface area contributed by atoms with E-state index in [0.717, 1.165) is 17.3 Å². The standard InChI is InChI=1S/C23H18FN3O3/c24-18-12-15(28)7-8-16(18)21(29)27-11-9-23(20(27)14-4-3-10-25-13-14)17-5-1-2-6-19(17)26-22(23)30/h1-8,10,12-13,20,28H,9,11H2,(H,26,30). The van der Waals surface area contributed by atoms with Crippen molar-refractivity contribution in [2.45, 2.75) is 17.9 Å². The van der Waals surface area contributed by atoms with Gasteiger partial charge in [0.2, 0.25) is 5.91 Å². The Bertz CT molecular complexity index is 1170. The van der Waals surface area contributed by atoms with E-state index in [4.69, 9.17) is 0 Å². The molecule has 3 aromatic rings. The highest BCUT2D eigenvalue weighted by Gasteiger charge is 2.59. The van der Waals surface area contributed by atoms with Crippen molar-refractivity contribution in [3.63, 3.8) is 0 Å². The van der Waals surface area contributed by atoms with Crippen LogP contribution in [0.2, 0.25) is 0 Å². The number of likely N-dealkylation sites (tertiary alicyclic amines) is 1. The highest BCUT2D eigenvalue weighted by molar-refractivity contribution is 6.08. The van der Waals surface area contributed by atoms with E-state index in [1.807, 2.05) is 30.3 Å². The van der Waals surface area contributed by atoms with Gasteiger partial charge < -0.3 is 15.3 Å². The predicted octanol–water partition coefficient (Wildman–Crippen LogP) is 3.40. The average Bonchev–Trinajstić information content (AvgIpc) is 3.28. The van der Waals surface area contributed by atoms with Gasteiger partial charge in [-0.25, -0.2) is 4.39 Å². The predicted molar refractivity (Wildman–Crippen MR) is 107 cm³/mol. The molecule has 2 aromatic carbocycles. The highest BCUT2D eigenvalue weighted by atomic mass is 19.1. The van der Waals surface area contributed by atoms with Crippen LogP contribution in [-0.2, 0) is 10.2 Å². The number of pyridine rings is 1. The van der Waals surface area contributed by atoms with E-state index in [2.05, 4.69) is 10.3 Å². The van der Waals surface area contributed by atoms with E-state index < -0.39 is 23.2 Å². The number of hydrogen-bond donors (Lipinski definition) is 2. The maximum absolute atomic E-state index is 14.5. The number of phenols is 1. The van der Waals surface area contributed by atoms with E-state index in [1.165, 1.54) is 17.0 Å². The molecule has 5 rings (SSSR count). The van der Waals surface area contributed by atoms with E-state index in [1.54, 1.807) is 18.5 Å². The molecular weight excluding hydrogens is 385 g/mol. The molecule has 0 bridgehead atoms. The Morgan fingerprint density at radius 2 is 2.03 bits per heavy atom. The summed E-state index contributed by atoms with van der Waals surface area (Å²) >= 11 is 0. The van der Waals surface area contributed by atoms with Gasteiger partial charge in [-0.2, -0.15) is 0 Å². The molecule has 2 N–H and O–H groups in total. The van der Waals surface area contributed by atoms with Crippen LogP contribution in [0.1, 0.15) is 33.9 Å². The zero-order valence-electron chi connectivity index (χ0n) is 15.9. The maximum Gasteiger partial charge on any atom is 0.257 e. The van der Waals surface area contributed by atoms with Crippen molar-refractivity contribution in [2.75, 3.05) is 11.9 Å². The van der Waals surface area contributed by atoms with E-state index >= 15 is 0 Å². The molecule has 30 heavy (non-hydrogen) atoms. The minimum absolute atomic E-state index is 0.148. The number of nitrogens with zero attached hydrogens (tertiary/aromatic N) is 2. The number of nitrogens with one attached hydrogen (secondary N) is 1. The summed E-state index contributed by atoms with van der Waals surface area (Å²) in [5.74, 6) is -1.77. The van der Waals surface area contributed by atoms with Gasteiger partial charge in [-0.1, -0.05) is 24.3 Å². The average molecular weight is 403 g/mol. The number of benzene rings is 2. The molecule has 2 atom stereocenters. The van der Waals surface area contributed by atoms with E-state index in [-0.39, 0.29) is 23.8 Å². The minimum atomic E-state index is -0.983. The van der Waals surface area contributed by atoms with Crippen LogP contribution >= 0.6 is 0 Å². The smallest absolute Gasteiger partial charge is 0.257 e. The SMILES string of the molecule is O=C(c1ccc(O)cc1F)N1CCC2(C(=O)Nc3ccccc32)C1c1cccnc1. The number of carbonyl (C=O) groups is 2. The van der Waals surface area contributed by atoms with E-state index in [9.17, 15) is 19.1 Å². The molecule has 2 aliphatic heterocycles. The van der Waals surface area contributed by atoms with Crippen LogP contribution in [0.4, 0.5) is 10.1 Å². The quantitative estimate of drug-likeness (QED) is 0.687. The Morgan fingerprint density at radius 1 is 1.20 bits per heavy atom. The molecule has 7 heteroatoms. The number of para-hydroxylation sites is 1. The van der Waals surface area contributed by atoms with Crippen LogP contribution in [0.15, 0.2) is 67.0 Å². The fraction of sp³-hybridized carbons (Fsp3) is 0.174. The fourth-order valence-electron chi connectivity index (χ4n) is 4.74. The summed E-state index contributed by atoms with van der Waals surface area (Å²) in [7, 11) is 0. The molecule has 1 spiro atoms. The summed E-state index contributed by atoms with van der Waals surface area (Å²) in [5, 5.41) is 12.4. The van der Waals surface area contributed by atoms with E-state index in [0.29, 0.717) is 12.0 Å². The third-order valence-electron chi connectivity index (χ3n) is 6.03. The van der Waals surface area contributed by atoms with Crippen molar-refractivity contribution in [3.05, 3.63) is 89.5 Å². The number of halogens is 1. The molecule has 6 nitrogen and oxygen atoms in total. The Labute approximate surface area is 172 Å². The summed E-state index contributed by atoms with van der Waals surface area (Å²) < 4.78 is 14.5. The second-order valence-corrected chi connectivity index (χ2v) is 7.57. The summed E-state index contributed by atoms with van der Waals surface area (Å²) in [4.78, 5) is 32.4. The number of phenolic OH excluding ortho intramolecular Hbond substituents is 1. The Hall–Kier alpha value is -3.74. The number of carbonyl (C=O) groups excluding carboxylic acids is 2. The van der Waals surface area contributed by atoms with Crippen LogP contribution in [0.5, 0.6) is 5.75 Å². The van der Waals surface area contributed by atoms with Crippen molar-refractivity contribution in [1.82, 2.24) is 9.88 Å². The number of aromatic hydroxyl groups is 1. The molecule has 0 radical (unpaired) electrons. The van der Waals surface area contributed by atoms with Gasteiger partial charge in [0.05, 0.1) is 11.6 Å². The Kier molecular flexibility index (Phi) is 4.06. The minimum Gasteiger partial charge on any atom is -0.508 e. The van der Waals surface area contributed by atoms with Crippen LogP contribution < -0.4 is 5.32 Å². The van der Waals surface area contributed by atoms with Gasteiger partial charge in [0, 0.05) is 30.7 Å². The second-order valence-electron chi connectivity index (χ2n) is 7.57. The maximum atomic E-state index is 14.5. The third kappa shape index (κ3) is 2.51. The van der Waals surface area contributed by atoms with Gasteiger partial charge in [0.1, 0.15) is 17.0 Å².